The third kappa shape index (κ3) is 6.33. The van der Waals surface area contributed by atoms with Crippen LogP contribution in [-0.4, -0.2) is 67.2 Å². The molecule has 3 rings (SSSR count). The van der Waals surface area contributed by atoms with E-state index in [1.54, 1.807) is 18.2 Å². The number of carbonyl (C=O) groups excluding carboxylic acids is 1. The summed E-state index contributed by atoms with van der Waals surface area (Å²) in [5.41, 5.74) is 0.503. The molecule has 2 aliphatic rings. The summed E-state index contributed by atoms with van der Waals surface area (Å²) < 4.78 is 5.83. The molecule has 0 spiro atoms. The average molecular weight is 428 g/mol. The Labute approximate surface area is 178 Å². The molecule has 0 bridgehead atoms. The standard InChI is InChI=1S/C21H31Cl2N3O2/c1-15-12-26(13-16(2)28-15)14-17-6-9-25(10-7-17)11-8-20(27)24-21-18(22)4-3-5-19(21)23/h3-5,15-17H,6-14H2,1-2H3,(H,24,27). The number of anilines is 1. The summed E-state index contributed by atoms with van der Waals surface area (Å²) in [4.78, 5) is 17.2. The van der Waals surface area contributed by atoms with Gasteiger partial charge in [0, 0.05) is 32.6 Å². The number of halogens is 2. The lowest BCUT2D eigenvalue weighted by Crippen LogP contribution is -2.48. The molecule has 0 aromatic heterocycles. The quantitative estimate of drug-likeness (QED) is 0.740. The molecule has 156 valence electrons. The number of benzene rings is 1. The maximum absolute atomic E-state index is 12.3. The van der Waals surface area contributed by atoms with Gasteiger partial charge in [-0.3, -0.25) is 9.69 Å². The summed E-state index contributed by atoms with van der Waals surface area (Å²) in [7, 11) is 0. The number of morpholine rings is 1. The number of rotatable bonds is 6. The number of likely N-dealkylation sites (tertiary alicyclic amines) is 1. The SMILES string of the molecule is CC1CN(CC2CCN(CCC(=O)Nc3c(Cl)cccc3Cl)CC2)CC(C)O1. The third-order valence-corrected chi connectivity index (χ3v) is 6.23. The number of nitrogens with one attached hydrogen (secondary N) is 1. The molecule has 0 aliphatic carbocycles. The Hall–Kier alpha value is -0.850. The highest BCUT2D eigenvalue weighted by Gasteiger charge is 2.26. The normalized spacial score (nSPS) is 25.0. The lowest BCUT2D eigenvalue weighted by Gasteiger charge is -2.39. The van der Waals surface area contributed by atoms with Crippen LogP contribution in [0.4, 0.5) is 5.69 Å². The van der Waals surface area contributed by atoms with E-state index in [0.29, 0.717) is 34.4 Å². The molecule has 0 radical (unpaired) electrons. The minimum Gasteiger partial charge on any atom is -0.373 e. The fourth-order valence-corrected chi connectivity index (χ4v) is 4.76. The highest BCUT2D eigenvalue weighted by molar-refractivity contribution is 6.39. The number of para-hydroxylation sites is 1. The molecule has 1 amide bonds. The van der Waals surface area contributed by atoms with E-state index in [4.69, 9.17) is 27.9 Å². The van der Waals surface area contributed by atoms with Crippen LogP contribution in [0.5, 0.6) is 0 Å². The summed E-state index contributed by atoms with van der Waals surface area (Å²) in [5.74, 6) is 0.693. The van der Waals surface area contributed by atoms with Crippen LogP contribution >= 0.6 is 23.2 Å². The van der Waals surface area contributed by atoms with Crippen LogP contribution in [0.3, 0.4) is 0 Å². The molecule has 2 unspecified atom stereocenters. The zero-order chi connectivity index (χ0) is 20.1. The molecule has 2 aliphatic heterocycles. The topological polar surface area (TPSA) is 44.8 Å². The Bertz CT molecular complexity index is 635. The van der Waals surface area contributed by atoms with Crippen LogP contribution in [0.2, 0.25) is 10.0 Å². The Morgan fingerprint density at radius 3 is 2.32 bits per heavy atom. The first kappa shape index (κ1) is 21.8. The molecular weight excluding hydrogens is 397 g/mol. The first-order valence-electron chi connectivity index (χ1n) is 10.2. The fourth-order valence-electron chi connectivity index (χ4n) is 4.27. The molecule has 7 heteroatoms. The van der Waals surface area contributed by atoms with Gasteiger partial charge in [0.15, 0.2) is 0 Å². The number of piperidine rings is 1. The molecule has 2 fully saturated rings. The van der Waals surface area contributed by atoms with Crippen molar-refractivity contribution in [3.05, 3.63) is 28.2 Å². The van der Waals surface area contributed by atoms with Gasteiger partial charge in [0.2, 0.25) is 5.91 Å². The van der Waals surface area contributed by atoms with Crippen molar-refractivity contribution in [2.45, 2.75) is 45.3 Å². The van der Waals surface area contributed by atoms with Crippen molar-refractivity contribution in [1.82, 2.24) is 9.80 Å². The third-order valence-electron chi connectivity index (χ3n) is 5.60. The van der Waals surface area contributed by atoms with Crippen molar-refractivity contribution in [3.63, 3.8) is 0 Å². The minimum absolute atomic E-state index is 0.0478. The molecule has 1 aromatic carbocycles. The monoisotopic (exact) mass is 427 g/mol. The summed E-state index contributed by atoms with van der Waals surface area (Å²) in [6.45, 7) is 10.4. The first-order valence-corrected chi connectivity index (χ1v) is 11.0. The summed E-state index contributed by atoms with van der Waals surface area (Å²) in [5, 5.41) is 3.77. The Morgan fingerprint density at radius 2 is 1.71 bits per heavy atom. The Balaban J connectivity index is 1.37. The van der Waals surface area contributed by atoms with Crippen molar-refractivity contribution in [2.75, 3.05) is 44.6 Å². The lowest BCUT2D eigenvalue weighted by molar-refractivity contribution is -0.116. The second kappa shape index (κ2) is 10.3. The van der Waals surface area contributed by atoms with E-state index in [1.807, 2.05) is 0 Å². The highest BCUT2D eigenvalue weighted by atomic mass is 35.5. The van der Waals surface area contributed by atoms with E-state index < -0.39 is 0 Å². The van der Waals surface area contributed by atoms with Crippen molar-refractivity contribution in [3.8, 4) is 0 Å². The summed E-state index contributed by atoms with van der Waals surface area (Å²) in [6.07, 6.45) is 3.49. The van der Waals surface area contributed by atoms with Gasteiger partial charge in [-0.25, -0.2) is 0 Å². The van der Waals surface area contributed by atoms with E-state index in [9.17, 15) is 4.79 Å². The van der Waals surface area contributed by atoms with Gasteiger partial charge in [-0.2, -0.15) is 0 Å². The van der Waals surface area contributed by atoms with Crippen LogP contribution in [0.25, 0.3) is 0 Å². The zero-order valence-corrected chi connectivity index (χ0v) is 18.3. The van der Waals surface area contributed by atoms with Crippen LogP contribution in [-0.2, 0) is 9.53 Å². The second-order valence-electron chi connectivity index (χ2n) is 8.16. The van der Waals surface area contributed by atoms with Gasteiger partial charge in [-0.15, -0.1) is 0 Å². The number of hydrogen-bond donors (Lipinski definition) is 1. The number of amides is 1. The number of ether oxygens (including phenoxy) is 1. The zero-order valence-electron chi connectivity index (χ0n) is 16.8. The lowest BCUT2D eigenvalue weighted by atomic mass is 9.95. The van der Waals surface area contributed by atoms with Gasteiger partial charge in [-0.1, -0.05) is 29.3 Å². The molecular formula is C21H31Cl2N3O2. The molecule has 2 heterocycles. The van der Waals surface area contributed by atoms with Gasteiger partial charge >= 0.3 is 0 Å². The fraction of sp³-hybridized carbons (Fsp3) is 0.667. The van der Waals surface area contributed by atoms with E-state index in [0.717, 1.165) is 45.2 Å². The maximum Gasteiger partial charge on any atom is 0.225 e. The van der Waals surface area contributed by atoms with E-state index in [-0.39, 0.29) is 5.91 Å². The van der Waals surface area contributed by atoms with Crippen molar-refractivity contribution < 1.29 is 9.53 Å². The van der Waals surface area contributed by atoms with Crippen LogP contribution < -0.4 is 5.32 Å². The molecule has 1 aromatic rings. The van der Waals surface area contributed by atoms with E-state index in [2.05, 4.69) is 29.0 Å². The van der Waals surface area contributed by atoms with Crippen molar-refractivity contribution >= 4 is 34.8 Å². The Kier molecular flexibility index (Phi) is 8.01. The molecule has 2 atom stereocenters. The summed E-state index contributed by atoms with van der Waals surface area (Å²) in [6, 6.07) is 5.22. The van der Waals surface area contributed by atoms with Crippen LogP contribution in [0.15, 0.2) is 18.2 Å². The van der Waals surface area contributed by atoms with Gasteiger partial charge in [-0.05, 0) is 57.8 Å². The van der Waals surface area contributed by atoms with Crippen molar-refractivity contribution in [2.24, 2.45) is 5.92 Å². The average Bonchev–Trinajstić information content (AvgIpc) is 2.63. The molecule has 2 saturated heterocycles. The molecule has 0 saturated carbocycles. The van der Waals surface area contributed by atoms with E-state index in [1.165, 1.54) is 12.8 Å². The van der Waals surface area contributed by atoms with Gasteiger partial charge in [0.05, 0.1) is 27.9 Å². The molecule has 1 N–H and O–H groups in total. The summed E-state index contributed by atoms with van der Waals surface area (Å²) >= 11 is 12.2. The largest absolute Gasteiger partial charge is 0.373 e. The Morgan fingerprint density at radius 1 is 1.11 bits per heavy atom. The minimum atomic E-state index is -0.0478. The smallest absolute Gasteiger partial charge is 0.225 e. The van der Waals surface area contributed by atoms with Gasteiger partial charge in [0.25, 0.3) is 0 Å². The van der Waals surface area contributed by atoms with Gasteiger partial charge in [0.1, 0.15) is 0 Å². The van der Waals surface area contributed by atoms with Crippen LogP contribution in [0.1, 0.15) is 33.1 Å². The predicted octanol–water partition coefficient (Wildman–Crippen LogP) is 4.14. The molecule has 28 heavy (non-hydrogen) atoms. The number of hydrogen-bond acceptors (Lipinski definition) is 4. The highest BCUT2D eigenvalue weighted by Crippen LogP contribution is 2.30. The van der Waals surface area contributed by atoms with E-state index >= 15 is 0 Å². The first-order chi connectivity index (χ1) is 13.4. The predicted molar refractivity (Wildman–Crippen MR) is 115 cm³/mol. The number of nitrogens with zero attached hydrogens (tertiary/aromatic N) is 2. The number of carbonyl (C=O) groups is 1. The second-order valence-corrected chi connectivity index (χ2v) is 8.97. The van der Waals surface area contributed by atoms with Gasteiger partial charge < -0.3 is 15.0 Å². The van der Waals surface area contributed by atoms with Crippen LogP contribution in [0, 0.1) is 5.92 Å². The molecule has 5 nitrogen and oxygen atoms in total. The maximum atomic E-state index is 12.3. The van der Waals surface area contributed by atoms with Crippen molar-refractivity contribution in [1.29, 1.82) is 0 Å².